The summed E-state index contributed by atoms with van der Waals surface area (Å²) >= 11 is 0. The number of amides is 1. The number of hydrogen-bond acceptors (Lipinski definition) is 3. The molecule has 18 heavy (non-hydrogen) atoms. The Morgan fingerprint density at radius 3 is 2.67 bits per heavy atom. The maximum absolute atomic E-state index is 12.1. The Kier molecular flexibility index (Phi) is 3.65. The van der Waals surface area contributed by atoms with Crippen LogP contribution in [-0.2, 0) is 19.7 Å². The Morgan fingerprint density at radius 2 is 2.11 bits per heavy atom. The summed E-state index contributed by atoms with van der Waals surface area (Å²) in [6.45, 7) is 2.71. The van der Waals surface area contributed by atoms with Crippen molar-refractivity contribution in [2.45, 2.75) is 25.2 Å². The zero-order valence-electron chi connectivity index (χ0n) is 10.4. The van der Waals surface area contributed by atoms with Crippen LogP contribution >= 0.6 is 0 Å². The third-order valence-electron chi connectivity index (χ3n) is 3.35. The first-order chi connectivity index (χ1) is 8.69. The number of rotatable bonds is 4. The van der Waals surface area contributed by atoms with Gasteiger partial charge in [0.15, 0.2) is 0 Å². The third kappa shape index (κ3) is 2.23. The van der Waals surface area contributed by atoms with Crippen LogP contribution < -0.4 is 5.32 Å². The van der Waals surface area contributed by atoms with Gasteiger partial charge in [0.25, 0.3) is 0 Å². The molecule has 1 unspecified atom stereocenters. The van der Waals surface area contributed by atoms with Crippen LogP contribution in [0.25, 0.3) is 0 Å². The molecule has 1 N–H and O–H groups in total. The molecule has 1 fully saturated rings. The number of carbonyl (C=O) groups excluding carboxylic acids is 2. The van der Waals surface area contributed by atoms with Crippen molar-refractivity contribution in [3.63, 3.8) is 0 Å². The monoisotopic (exact) mass is 247 g/mol. The average molecular weight is 247 g/mol. The highest BCUT2D eigenvalue weighted by Crippen LogP contribution is 2.35. The highest BCUT2D eigenvalue weighted by molar-refractivity contribution is 5.94. The van der Waals surface area contributed by atoms with Crippen LogP contribution in [0.4, 0.5) is 0 Å². The topological polar surface area (TPSA) is 55.4 Å². The molecule has 1 aromatic rings. The molecule has 1 aromatic carbocycles. The number of benzene rings is 1. The van der Waals surface area contributed by atoms with Gasteiger partial charge in [0.2, 0.25) is 5.91 Å². The van der Waals surface area contributed by atoms with Crippen LogP contribution in [-0.4, -0.2) is 25.0 Å². The zero-order valence-corrected chi connectivity index (χ0v) is 10.4. The molecule has 1 amide bonds. The van der Waals surface area contributed by atoms with Gasteiger partial charge in [-0.3, -0.25) is 9.59 Å². The van der Waals surface area contributed by atoms with Crippen LogP contribution in [0.1, 0.15) is 25.3 Å². The predicted octanol–water partition coefficient (Wildman–Crippen LogP) is 1.40. The van der Waals surface area contributed by atoms with E-state index in [-0.39, 0.29) is 18.3 Å². The Balaban J connectivity index is 2.30. The molecule has 0 aliphatic carbocycles. The molecule has 1 saturated heterocycles. The van der Waals surface area contributed by atoms with Gasteiger partial charge in [-0.25, -0.2) is 0 Å². The minimum atomic E-state index is -0.756. The van der Waals surface area contributed by atoms with E-state index in [1.807, 2.05) is 30.3 Å². The first-order valence-electron chi connectivity index (χ1n) is 6.18. The van der Waals surface area contributed by atoms with Crippen molar-refractivity contribution in [1.29, 1.82) is 0 Å². The van der Waals surface area contributed by atoms with Crippen molar-refractivity contribution in [3.8, 4) is 0 Å². The van der Waals surface area contributed by atoms with Gasteiger partial charge in [0, 0.05) is 6.54 Å². The second kappa shape index (κ2) is 5.21. The second-order valence-corrected chi connectivity index (χ2v) is 4.44. The van der Waals surface area contributed by atoms with E-state index in [0.29, 0.717) is 19.6 Å². The van der Waals surface area contributed by atoms with Gasteiger partial charge in [0.1, 0.15) is 0 Å². The Morgan fingerprint density at radius 1 is 1.39 bits per heavy atom. The largest absolute Gasteiger partial charge is 0.466 e. The molecule has 1 atom stereocenters. The van der Waals surface area contributed by atoms with E-state index in [9.17, 15) is 9.59 Å². The van der Waals surface area contributed by atoms with E-state index in [4.69, 9.17) is 4.74 Å². The number of ether oxygens (including phenoxy) is 1. The molecule has 0 bridgehead atoms. The van der Waals surface area contributed by atoms with Gasteiger partial charge in [-0.1, -0.05) is 30.3 Å². The normalized spacial score (nSPS) is 22.6. The van der Waals surface area contributed by atoms with Crippen molar-refractivity contribution < 1.29 is 14.3 Å². The minimum Gasteiger partial charge on any atom is -0.466 e. The lowest BCUT2D eigenvalue weighted by atomic mass is 9.76. The summed E-state index contributed by atoms with van der Waals surface area (Å²) in [7, 11) is 0. The lowest BCUT2D eigenvalue weighted by Gasteiger charge is -2.25. The van der Waals surface area contributed by atoms with Crippen LogP contribution in [0.2, 0.25) is 0 Å². The summed E-state index contributed by atoms with van der Waals surface area (Å²) < 4.78 is 4.98. The molecule has 96 valence electrons. The molecule has 1 heterocycles. The van der Waals surface area contributed by atoms with Crippen molar-refractivity contribution in [2.24, 2.45) is 0 Å². The number of nitrogens with one attached hydrogen (secondary N) is 1. The lowest BCUT2D eigenvalue weighted by Crippen LogP contribution is -2.38. The molecule has 2 rings (SSSR count). The van der Waals surface area contributed by atoms with E-state index in [0.717, 1.165) is 5.56 Å². The maximum Gasteiger partial charge on any atom is 0.307 e. The molecule has 1 aliphatic rings. The number of hydrogen-bond donors (Lipinski definition) is 1. The molecular weight excluding hydrogens is 230 g/mol. The van der Waals surface area contributed by atoms with Gasteiger partial charge in [-0.15, -0.1) is 0 Å². The van der Waals surface area contributed by atoms with Crippen molar-refractivity contribution in [2.75, 3.05) is 13.2 Å². The standard InChI is InChI=1S/C14H17NO3/c1-2-18-12(16)10-14(8-9-15-13(14)17)11-6-4-3-5-7-11/h3-7H,2,8-10H2,1H3,(H,15,17). The predicted molar refractivity (Wildman–Crippen MR) is 67.0 cm³/mol. The fraction of sp³-hybridized carbons (Fsp3) is 0.429. The van der Waals surface area contributed by atoms with Crippen LogP contribution in [0, 0.1) is 0 Å². The molecule has 1 aliphatic heterocycles. The molecule has 4 heteroatoms. The van der Waals surface area contributed by atoms with Crippen LogP contribution in [0.3, 0.4) is 0 Å². The van der Waals surface area contributed by atoms with Crippen molar-refractivity contribution >= 4 is 11.9 Å². The van der Waals surface area contributed by atoms with E-state index >= 15 is 0 Å². The van der Waals surface area contributed by atoms with Gasteiger partial charge in [0.05, 0.1) is 18.4 Å². The molecule has 0 radical (unpaired) electrons. The Hall–Kier alpha value is -1.84. The SMILES string of the molecule is CCOC(=O)CC1(c2ccccc2)CCNC1=O. The fourth-order valence-corrected chi connectivity index (χ4v) is 2.43. The number of carbonyl (C=O) groups is 2. The van der Waals surface area contributed by atoms with Crippen molar-refractivity contribution in [1.82, 2.24) is 5.32 Å². The molecule has 0 aromatic heterocycles. The highest BCUT2D eigenvalue weighted by atomic mass is 16.5. The van der Waals surface area contributed by atoms with Crippen LogP contribution in [0.5, 0.6) is 0 Å². The summed E-state index contributed by atoms with van der Waals surface area (Å²) in [5.41, 5.74) is 0.126. The Bertz CT molecular complexity index is 444. The molecule has 4 nitrogen and oxygen atoms in total. The minimum absolute atomic E-state index is 0.0817. The molecule has 0 spiro atoms. The summed E-state index contributed by atoms with van der Waals surface area (Å²) in [5.74, 6) is -0.403. The average Bonchev–Trinajstić information content (AvgIpc) is 2.73. The summed E-state index contributed by atoms with van der Waals surface area (Å²) in [6, 6.07) is 9.45. The zero-order chi connectivity index (χ0) is 13.0. The summed E-state index contributed by atoms with van der Waals surface area (Å²) in [4.78, 5) is 23.8. The first kappa shape index (κ1) is 12.6. The summed E-state index contributed by atoms with van der Waals surface area (Å²) in [5, 5.41) is 2.81. The van der Waals surface area contributed by atoms with Gasteiger partial charge in [-0.05, 0) is 18.9 Å². The number of esters is 1. The highest BCUT2D eigenvalue weighted by Gasteiger charge is 2.45. The third-order valence-corrected chi connectivity index (χ3v) is 3.35. The van der Waals surface area contributed by atoms with Gasteiger partial charge in [-0.2, -0.15) is 0 Å². The summed E-state index contributed by atoms with van der Waals surface area (Å²) in [6.07, 6.45) is 0.741. The molecule has 0 saturated carbocycles. The smallest absolute Gasteiger partial charge is 0.307 e. The van der Waals surface area contributed by atoms with Gasteiger partial charge < -0.3 is 10.1 Å². The Labute approximate surface area is 106 Å². The second-order valence-electron chi connectivity index (χ2n) is 4.44. The van der Waals surface area contributed by atoms with E-state index < -0.39 is 5.41 Å². The van der Waals surface area contributed by atoms with Crippen molar-refractivity contribution in [3.05, 3.63) is 35.9 Å². The van der Waals surface area contributed by atoms with E-state index in [1.165, 1.54) is 0 Å². The fourth-order valence-electron chi connectivity index (χ4n) is 2.43. The first-order valence-corrected chi connectivity index (χ1v) is 6.18. The molecular formula is C14H17NO3. The van der Waals surface area contributed by atoms with E-state index in [1.54, 1.807) is 6.92 Å². The van der Waals surface area contributed by atoms with E-state index in [2.05, 4.69) is 5.32 Å². The lowest BCUT2D eigenvalue weighted by molar-refractivity contribution is -0.146. The maximum atomic E-state index is 12.1. The van der Waals surface area contributed by atoms with Gasteiger partial charge >= 0.3 is 5.97 Å². The quantitative estimate of drug-likeness (QED) is 0.818. The van der Waals surface area contributed by atoms with Crippen LogP contribution in [0.15, 0.2) is 30.3 Å².